The summed E-state index contributed by atoms with van der Waals surface area (Å²) in [7, 11) is 0. The van der Waals surface area contributed by atoms with Gasteiger partial charge in [0.15, 0.2) is 5.65 Å². The summed E-state index contributed by atoms with van der Waals surface area (Å²) in [6.45, 7) is 0. The number of alkyl halides is 5. The van der Waals surface area contributed by atoms with Crippen LogP contribution >= 0.6 is 0 Å². The highest BCUT2D eigenvalue weighted by Gasteiger charge is 2.61. The highest BCUT2D eigenvalue weighted by molar-refractivity contribution is 5.83. The highest BCUT2D eigenvalue weighted by Crippen LogP contribution is 2.65. The third kappa shape index (κ3) is 5.81. The molecule has 12 heteroatoms. The number of hydrogen-bond donors (Lipinski definition) is 2. The molecule has 4 aliphatic carbocycles. The number of nitrogens with zero attached hydrogens (tertiary/aromatic N) is 3. The highest BCUT2D eigenvalue weighted by atomic mass is 19.4. The largest absolute Gasteiger partial charge is 0.389 e. The maximum atomic E-state index is 14.0. The zero-order valence-electron chi connectivity index (χ0n) is 22.2. The number of imidazole rings is 1. The second-order valence-corrected chi connectivity index (χ2v) is 12.4. The van der Waals surface area contributed by atoms with Crippen LogP contribution in [0.2, 0.25) is 0 Å². The molecule has 218 valence electrons. The first-order valence-corrected chi connectivity index (χ1v) is 14.3. The van der Waals surface area contributed by atoms with Crippen LogP contribution in [0, 0.1) is 23.2 Å². The molecule has 1 unspecified atom stereocenters. The summed E-state index contributed by atoms with van der Waals surface area (Å²) in [6.07, 6.45) is 2.95. The monoisotopic (exact) mass is 567 g/mol. The maximum Gasteiger partial charge on any atom is 0.389 e. The van der Waals surface area contributed by atoms with Crippen LogP contribution < -0.4 is 10.6 Å². The average molecular weight is 568 g/mol. The minimum Gasteiger partial charge on any atom is -0.349 e. The lowest BCUT2D eigenvalue weighted by atomic mass is 9.79. The van der Waals surface area contributed by atoms with E-state index in [4.69, 9.17) is 4.98 Å². The molecule has 0 radical (unpaired) electrons. The maximum absolute atomic E-state index is 14.0. The van der Waals surface area contributed by atoms with Crippen LogP contribution in [-0.4, -0.2) is 38.5 Å². The van der Waals surface area contributed by atoms with Crippen molar-refractivity contribution in [3.63, 3.8) is 0 Å². The van der Waals surface area contributed by atoms with Gasteiger partial charge in [0.05, 0.1) is 36.6 Å². The van der Waals surface area contributed by atoms with Gasteiger partial charge in [0.25, 0.3) is 0 Å². The molecule has 0 saturated heterocycles. The van der Waals surface area contributed by atoms with E-state index in [0.29, 0.717) is 16.9 Å². The molecule has 2 aromatic heterocycles. The van der Waals surface area contributed by atoms with E-state index in [9.17, 15) is 31.5 Å². The van der Waals surface area contributed by atoms with Gasteiger partial charge in [0.2, 0.25) is 17.7 Å². The zero-order chi connectivity index (χ0) is 28.3. The molecule has 0 bridgehead atoms. The quantitative estimate of drug-likeness (QED) is 0.375. The second kappa shape index (κ2) is 9.94. The van der Waals surface area contributed by atoms with E-state index in [2.05, 4.69) is 15.7 Å². The van der Waals surface area contributed by atoms with Gasteiger partial charge in [-0.2, -0.15) is 18.3 Å². The van der Waals surface area contributed by atoms with Crippen LogP contribution in [0.25, 0.3) is 5.65 Å². The molecule has 4 fully saturated rings. The Morgan fingerprint density at radius 1 is 1.02 bits per heavy atom. The summed E-state index contributed by atoms with van der Waals surface area (Å²) in [4.78, 5) is 30.2. The molecule has 2 N–H and O–H groups in total. The standard InChI is InChI=1S/C28H34F5N5O2/c29-27(30)9-4-17(5-10-27)24(37-25(40)19-13-26(19)7-1-8-26)20-15-38-21(35-20)12-18(14-34-38)23(16-2-3-16)36-22(39)6-11-28(31,32)33/h12,14-17,19,23-24H,1-11,13H2,(H,36,39)(H,37,40)/t19-,23?,24-/m0/s1. The van der Waals surface area contributed by atoms with Crippen molar-refractivity contribution in [3.05, 3.63) is 29.7 Å². The first-order valence-electron chi connectivity index (χ1n) is 14.3. The Balaban J connectivity index is 1.22. The molecular formula is C28H34F5N5O2. The lowest BCUT2D eigenvalue weighted by Gasteiger charge is -2.34. The molecule has 2 heterocycles. The van der Waals surface area contributed by atoms with Gasteiger partial charge in [0, 0.05) is 25.2 Å². The number of fused-ring (bicyclic) bond motifs is 1. The Kier molecular flexibility index (Phi) is 6.80. The molecule has 4 saturated carbocycles. The zero-order valence-corrected chi connectivity index (χ0v) is 22.2. The van der Waals surface area contributed by atoms with Gasteiger partial charge in [-0.05, 0) is 73.8 Å². The summed E-state index contributed by atoms with van der Waals surface area (Å²) < 4.78 is 67.2. The van der Waals surface area contributed by atoms with Gasteiger partial charge in [-0.15, -0.1) is 0 Å². The minimum absolute atomic E-state index is 0.0317. The van der Waals surface area contributed by atoms with Gasteiger partial charge >= 0.3 is 6.18 Å². The van der Waals surface area contributed by atoms with E-state index in [1.54, 1.807) is 23.0 Å². The summed E-state index contributed by atoms with van der Waals surface area (Å²) in [6, 6.07) is 0.762. The van der Waals surface area contributed by atoms with Crippen LogP contribution in [0.5, 0.6) is 0 Å². The van der Waals surface area contributed by atoms with E-state index < -0.39 is 42.9 Å². The number of hydrogen-bond acceptors (Lipinski definition) is 4. The average Bonchev–Trinajstić information content (AvgIpc) is 3.79. The Morgan fingerprint density at radius 2 is 1.73 bits per heavy atom. The Morgan fingerprint density at radius 3 is 2.33 bits per heavy atom. The fourth-order valence-corrected chi connectivity index (χ4v) is 6.62. The van der Waals surface area contributed by atoms with Crippen LogP contribution in [0.3, 0.4) is 0 Å². The van der Waals surface area contributed by atoms with E-state index in [1.807, 2.05) is 0 Å². The number of aromatic nitrogens is 3. The van der Waals surface area contributed by atoms with Crippen LogP contribution in [0.4, 0.5) is 22.0 Å². The first kappa shape index (κ1) is 27.4. The molecule has 40 heavy (non-hydrogen) atoms. The Bertz CT molecular complexity index is 1280. The summed E-state index contributed by atoms with van der Waals surface area (Å²) in [5.41, 5.74) is 1.79. The van der Waals surface area contributed by atoms with Crippen molar-refractivity contribution in [2.75, 3.05) is 0 Å². The lowest BCUT2D eigenvalue weighted by molar-refractivity contribution is -0.144. The van der Waals surface area contributed by atoms with Crippen LogP contribution in [0.15, 0.2) is 18.5 Å². The van der Waals surface area contributed by atoms with E-state index >= 15 is 0 Å². The van der Waals surface area contributed by atoms with E-state index in [0.717, 1.165) is 38.5 Å². The van der Waals surface area contributed by atoms with Gasteiger partial charge < -0.3 is 10.6 Å². The van der Waals surface area contributed by atoms with Gasteiger partial charge in [-0.1, -0.05) is 6.42 Å². The van der Waals surface area contributed by atoms with Gasteiger partial charge in [-0.3, -0.25) is 9.59 Å². The topological polar surface area (TPSA) is 88.4 Å². The molecule has 2 amide bonds. The SMILES string of the molecule is O=C(CCC(F)(F)F)NC(c1cnn2cc([C@@H](NC(=O)[C@@H]3CC34CCC4)C3CCC(F)(F)CC3)nc2c1)C1CC1. The second-order valence-electron chi connectivity index (χ2n) is 12.4. The van der Waals surface area contributed by atoms with Crippen molar-refractivity contribution in [2.45, 2.75) is 101 Å². The Labute approximate surface area is 228 Å². The van der Waals surface area contributed by atoms with E-state index in [-0.39, 0.29) is 54.8 Å². The predicted molar refractivity (Wildman–Crippen MR) is 134 cm³/mol. The molecule has 3 atom stereocenters. The fraction of sp³-hybridized carbons (Fsp3) is 0.714. The van der Waals surface area contributed by atoms with Gasteiger partial charge in [-0.25, -0.2) is 18.3 Å². The molecule has 1 spiro atoms. The number of halogens is 5. The number of carbonyl (C=O) groups excluding carboxylic acids is 2. The molecule has 2 aromatic rings. The van der Waals surface area contributed by atoms with Crippen LogP contribution in [-0.2, 0) is 9.59 Å². The lowest BCUT2D eigenvalue weighted by Crippen LogP contribution is -2.39. The predicted octanol–water partition coefficient (Wildman–Crippen LogP) is 5.81. The van der Waals surface area contributed by atoms with Crippen molar-refractivity contribution in [1.29, 1.82) is 0 Å². The molecule has 6 rings (SSSR count). The number of carbonyl (C=O) groups is 2. The summed E-state index contributed by atoms with van der Waals surface area (Å²) in [5, 5.41) is 10.3. The Hall–Kier alpha value is -2.79. The minimum atomic E-state index is -4.41. The van der Waals surface area contributed by atoms with Crippen molar-refractivity contribution in [3.8, 4) is 0 Å². The fourth-order valence-electron chi connectivity index (χ4n) is 6.62. The van der Waals surface area contributed by atoms with Gasteiger partial charge in [0.1, 0.15) is 0 Å². The number of amides is 2. The van der Waals surface area contributed by atoms with Crippen molar-refractivity contribution in [2.24, 2.45) is 23.2 Å². The number of rotatable bonds is 9. The molecule has 4 aliphatic rings. The van der Waals surface area contributed by atoms with Crippen LogP contribution in [0.1, 0.15) is 100 Å². The smallest absolute Gasteiger partial charge is 0.349 e. The van der Waals surface area contributed by atoms with E-state index in [1.165, 1.54) is 0 Å². The summed E-state index contributed by atoms with van der Waals surface area (Å²) in [5.74, 6) is -3.51. The van der Waals surface area contributed by atoms with Crippen molar-refractivity contribution < 1.29 is 31.5 Å². The summed E-state index contributed by atoms with van der Waals surface area (Å²) >= 11 is 0. The normalized spacial score (nSPS) is 25.3. The third-order valence-corrected chi connectivity index (χ3v) is 9.47. The first-order chi connectivity index (χ1) is 18.9. The molecule has 0 aromatic carbocycles. The van der Waals surface area contributed by atoms with Crippen molar-refractivity contribution >= 4 is 17.5 Å². The molecule has 7 nitrogen and oxygen atoms in total. The molecule has 0 aliphatic heterocycles. The third-order valence-electron chi connectivity index (χ3n) is 9.47. The van der Waals surface area contributed by atoms with Crippen molar-refractivity contribution in [1.82, 2.24) is 25.2 Å². The number of nitrogens with one attached hydrogen (secondary N) is 2. The molecular weight excluding hydrogens is 533 g/mol.